The molecule has 4 N–H and O–H groups in total. The Kier molecular flexibility index (Phi) is 6.04. The summed E-state index contributed by atoms with van der Waals surface area (Å²) in [5.74, 6) is -0.570. The molecule has 1 amide bonds. The van der Waals surface area contributed by atoms with Gasteiger partial charge in [0.25, 0.3) is 5.91 Å². The second-order valence-electron chi connectivity index (χ2n) is 7.22. The zero-order chi connectivity index (χ0) is 23.4. The standard InChI is InChI=1S/C23H19FN8O/c1-13(31-22-18(10-25)21(26)29-12-30-22)20-17(9-14-8-15(24)5-6-19(14)32-20)23(33)28-11-16-4-2-3-7-27-16/h2-9,12-13H,11H2,1H3,(H,28,33)(H3,26,29,30,31). The Hall–Kier alpha value is -4.65. The highest BCUT2D eigenvalue weighted by molar-refractivity contribution is 5.99. The summed E-state index contributed by atoms with van der Waals surface area (Å²) < 4.78 is 13.8. The van der Waals surface area contributed by atoms with E-state index >= 15 is 0 Å². The Morgan fingerprint density at radius 2 is 2.06 bits per heavy atom. The maximum absolute atomic E-state index is 13.8. The van der Waals surface area contributed by atoms with Gasteiger partial charge in [0, 0.05) is 11.6 Å². The molecule has 10 heteroatoms. The number of nitriles is 1. The van der Waals surface area contributed by atoms with Crippen molar-refractivity contribution in [2.75, 3.05) is 11.1 Å². The van der Waals surface area contributed by atoms with Gasteiger partial charge in [0.1, 0.15) is 35.4 Å². The maximum atomic E-state index is 13.8. The van der Waals surface area contributed by atoms with E-state index in [1.165, 1.54) is 18.5 Å². The maximum Gasteiger partial charge on any atom is 0.253 e. The zero-order valence-corrected chi connectivity index (χ0v) is 17.6. The third-order valence-electron chi connectivity index (χ3n) is 4.96. The molecule has 1 aromatic carbocycles. The number of pyridine rings is 2. The Labute approximate surface area is 188 Å². The van der Waals surface area contributed by atoms with Gasteiger partial charge in [-0.1, -0.05) is 6.07 Å². The van der Waals surface area contributed by atoms with Gasteiger partial charge in [0.05, 0.1) is 35.1 Å². The number of nitrogens with one attached hydrogen (secondary N) is 2. The molecule has 0 bridgehead atoms. The third kappa shape index (κ3) is 4.67. The third-order valence-corrected chi connectivity index (χ3v) is 4.96. The molecule has 3 heterocycles. The number of anilines is 2. The summed E-state index contributed by atoms with van der Waals surface area (Å²) in [7, 11) is 0. The van der Waals surface area contributed by atoms with E-state index in [0.717, 1.165) is 0 Å². The van der Waals surface area contributed by atoms with Gasteiger partial charge in [0.15, 0.2) is 0 Å². The molecule has 33 heavy (non-hydrogen) atoms. The summed E-state index contributed by atoms with van der Waals surface area (Å²) in [5.41, 5.74) is 7.72. The van der Waals surface area contributed by atoms with Crippen molar-refractivity contribution in [1.29, 1.82) is 5.26 Å². The number of carbonyl (C=O) groups excluding carboxylic acids is 1. The van der Waals surface area contributed by atoms with E-state index in [2.05, 4.69) is 30.6 Å². The zero-order valence-electron chi connectivity index (χ0n) is 17.6. The first-order valence-corrected chi connectivity index (χ1v) is 10.0. The fraction of sp³-hybridized carbons (Fsp3) is 0.130. The normalized spacial score (nSPS) is 11.5. The number of benzene rings is 1. The number of nitrogens with two attached hydrogens (primary N) is 1. The largest absolute Gasteiger partial charge is 0.382 e. The fourth-order valence-corrected chi connectivity index (χ4v) is 3.34. The molecule has 0 aliphatic heterocycles. The molecular formula is C23H19FN8O. The predicted molar refractivity (Wildman–Crippen MR) is 120 cm³/mol. The molecule has 4 rings (SSSR count). The number of rotatable bonds is 6. The van der Waals surface area contributed by atoms with Crippen molar-refractivity contribution >= 4 is 28.4 Å². The number of aromatic nitrogens is 4. The molecule has 3 aromatic heterocycles. The van der Waals surface area contributed by atoms with Crippen LogP contribution >= 0.6 is 0 Å². The SMILES string of the molecule is CC(Nc1ncnc(N)c1C#N)c1nc2ccc(F)cc2cc1C(=O)NCc1ccccn1. The summed E-state index contributed by atoms with van der Waals surface area (Å²) in [5, 5.41) is 15.8. The molecule has 9 nitrogen and oxygen atoms in total. The highest BCUT2D eigenvalue weighted by Gasteiger charge is 2.21. The van der Waals surface area contributed by atoms with Crippen LogP contribution in [-0.2, 0) is 6.54 Å². The van der Waals surface area contributed by atoms with Crippen LogP contribution in [0.2, 0.25) is 0 Å². The Morgan fingerprint density at radius 1 is 1.21 bits per heavy atom. The number of fused-ring (bicyclic) bond motifs is 1. The summed E-state index contributed by atoms with van der Waals surface area (Å²) >= 11 is 0. The lowest BCUT2D eigenvalue weighted by molar-refractivity contribution is 0.0949. The van der Waals surface area contributed by atoms with E-state index < -0.39 is 17.8 Å². The second-order valence-corrected chi connectivity index (χ2v) is 7.22. The minimum Gasteiger partial charge on any atom is -0.382 e. The highest BCUT2D eigenvalue weighted by atomic mass is 19.1. The van der Waals surface area contributed by atoms with Crippen LogP contribution in [0.3, 0.4) is 0 Å². The van der Waals surface area contributed by atoms with Gasteiger partial charge in [-0.15, -0.1) is 0 Å². The Bertz CT molecular complexity index is 1370. The minimum absolute atomic E-state index is 0.0393. The first-order chi connectivity index (χ1) is 16.0. The van der Waals surface area contributed by atoms with Crippen LogP contribution in [0.4, 0.5) is 16.0 Å². The number of nitrogens with zero attached hydrogens (tertiary/aromatic N) is 5. The highest BCUT2D eigenvalue weighted by Crippen LogP contribution is 2.26. The molecule has 0 aliphatic rings. The van der Waals surface area contributed by atoms with Gasteiger partial charge in [0.2, 0.25) is 0 Å². The second kappa shape index (κ2) is 9.23. The van der Waals surface area contributed by atoms with Crippen molar-refractivity contribution in [1.82, 2.24) is 25.3 Å². The summed E-state index contributed by atoms with van der Waals surface area (Å²) in [4.78, 5) is 29.8. The van der Waals surface area contributed by atoms with Crippen molar-refractivity contribution in [3.05, 3.63) is 83.3 Å². The summed E-state index contributed by atoms with van der Waals surface area (Å²) in [6.45, 7) is 1.98. The van der Waals surface area contributed by atoms with Crippen molar-refractivity contribution in [2.45, 2.75) is 19.5 Å². The molecule has 164 valence electrons. The quantitative estimate of drug-likeness (QED) is 0.413. The first kappa shape index (κ1) is 21.6. The Balaban J connectivity index is 1.71. The van der Waals surface area contributed by atoms with Crippen molar-refractivity contribution < 1.29 is 9.18 Å². The van der Waals surface area contributed by atoms with Crippen molar-refractivity contribution in [2.24, 2.45) is 0 Å². The number of hydrogen-bond donors (Lipinski definition) is 3. The van der Waals surface area contributed by atoms with E-state index in [-0.39, 0.29) is 29.3 Å². The molecule has 1 atom stereocenters. The number of amides is 1. The number of halogens is 1. The topological polar surface area (TPSA) is 142 Å². The van der Waals surface area contributed by atoms with E-state index in [4.69, 9.17) is 5.73 Å². The van der Waals surface area contributed by atoms with Crippen LogP contribution in [0.15, 0.2) is 55.0 Å². The number of nitrogen functional groups attached to an aromatic ring is 1. The molecule has 1 unspecified atom stereocenters. The van der Waals surface area contributed by atoms with E-state index in [1.54, 1.807) is 37.4 Å². The molecule has 4 aromatic rings. The first-order valence-electron chi connectivity index (χ1n) is 10.0. The summed E-state index contributed by atoms with van der Waals surface area (Å²) in [6.07, 6.45) is 2.88. The van der Waals surface area contributed by atoms with Crippen LogP contribution in [-0.4, -0.2) is 25.8 Å². The lowest BCUT2D eigenvalue weighted by atomic mass is 10.0. The lowest BCUT2D eigenvalue weighted by Gasteiger charge is -2.19. The van der Waals surface area contributed by atoms with Crippen LogP contribution in [0.5, 0.6) is 0 Å². The number of hydrogen-bond acceptors (Lipinski definition) is 8. The van der Waals surface area contributed by atoms with Crippen LogP contribution in [0.25, 0.3) is 10.9 Å². The average Bonchev–Trinajstić information content (AvgIpc) is 2.82. The van der Waals surface area contributed by atoms with Gasteiger partial charge in [-0.05, 0) is 43.3 Å². The van der Waals surface area contributed by atoms with Crippen molar-refractivity contribution in [3.63, 3.8) is 0 Å². The van der Waals surface area contributed by atoms with Gasteiger partial charge < -0.3 is 16.4 Å². The molecule has 0 aliphatic carbocycles. The van der Waals surface area contributed by atoms with Crippen LogP contribution < -0.4 is 16.4 Å². The van der Waals surface area contributed by atoms with Crippen molar-refractivity contribution in [3.8, 4) is 6.07 Å². The molecule has 0 fully saturated rings. The van der Waals surface area contributed by atoms with Gasteiger partial charge >= 0.3 is 0 Å². The van der Waals surface area contributed by atoms with Gasteiger partial charge in [-0.2, -0.15) is 5.26 Å². The molecule has 0 spiro atoms. The van der Waals surface area contributed by atoms with Gasteiger partial charge in [-0.3, -0.25) is 9.78 Å². The lowest BCUT2D eigenvalue weighted by Crippen LogP contribution is -2.26. The predicted octanol–water partition coefficient (Wildman–Crippen LogP) is 3.12. The summed E-state index contributed by atoms with van der Waals surface area (Å²) in [6, 6.07) is 12.6. The fourth-order valence-electron chi connectivity index (χ4n) is 3.34. The van der Waals surface area contributed by atoms with Gasteiger partial charge in [-0.25, -0.2) is 19.3 Å². The number of carbonyl (C=O) groups is 1. The molecular weight excluding hydrogens is 423 g/mol. The molecule has 0 saturated carbocycles. The van der Waals surface area contributed by atoms with E-state index in [9.17, 15) is 14.4 Å². The monoisotopic (exact) mass is 442 g/mol. The minimum atomic E-state index is -0.545. The molecule has 0 saturated heterocycles. The smallest absolute Gasteiger partial charge is 0.253 e. The van der Waals surface area contributed by atoms with E-state index in [1.807, 2.05) is 12.1 Å². The average molecular weight is 442 g/mol. The Morgan fingerprint density at radius 3 is 2.82 bits per heavy atom. The van der Waals surface area contributed by atoms with E-state index in [0.29, 0.717) is 22.3 Å². The molecule has 0 radical (unpaired) electrons. The van der Waals surface area contributed by atoms with Crippen LogP contribution in [0.1, 0.15) is 40.3 Å². The van der Waals surface area contributed by atoms with Crippen LogP contribution in [0, 0.1) is 17.1 Å².